The van der Waals surface area contributed by atoms with Gasteiger partial charge < -0.3 is 20.7 Å². The van der Waals surface area contributed by atoms with Crippen LogP contribution in [0.3, 0.4) is 0 Å². The molecular formula is C15H33Cl2N3O2. The van der Waals surface area contributed by atoms with E-state index in [4.69, 9.17) is 10.5 Å². The van der Waals surface area contributed by atoms with Gasteiger partial charge in [-0.2, -0.15) is 0 Å². The molecule has 0 aliphatic carbocycles. The first-order chi connectivity index (χ1) is 9.76. The fourth-order valence-electron chi connectivity index (χ4n) is 2.59. The van der Waals surface area contributed by atoms with Gasteiger partial charge in [-0.15, -0.1) is 24.8 Å². The molecule has 22 heavy (non-hydrogen) atoms. The van der Waals surface area contributed by atoms with Crippen LogP contribution in [0, 0.1) is 0 Å². The van der Waals surface area contributed by atoms with Gasteiger partial charge in [-0.3, -0.25) is 4.79 Å². The van der Waals surface area contributed by atoms with Crippen LogP contribution in [0.4, 0.5) is 0 Å². The molecule has 5 nitrogen and oxygen atoms in total. The van der Waals surface area contributed by atoms with Gasteiger partial charge in [0.15, 0.2) is 0 Å². The van der Waals surface area contributed by atoms with Gasteiger partial charge in [0.25, 0.3) is 0 Å². The van der Waals surface area contributed by atoms with Crippen molar-refractivity contribution in [3.05, 3.63) is 0 Å². The molecule has 1 saturated heterocycles. The Balaban J connectivity index is 0. The third-order valence-electron chi connectivity index (χ3n) is 3.93. The van der Waals surface area contributed by atoms with Gasteiger partial charge in [-0.1, -0.05) is 12.8 Å². The van der Waals surface area contributed by atoms with E-state index < -0.39 is 0 Å². The summed E-state index contributed by atoms with van der Waals surface area (Å²) in [6.45, 7) is 4.91. The zero-order valence-corrected chi connectivity index (χ0v) is 15.4. The predicted molar refractivity (Wildman–Crippen MR) is 96.1 cm³/mol. The fourth-order valence-corrected chi connectivity index (χ4v) is 2.59. The number of carbonyl (C=O) groups is 1. The molecule has 1 rings (SSSR count). The van der Waals surface area contributed by atoms with E-state index in [0.29, 0.717) is 13.0 Å². The average molecular weight is 358 g/mol. The Morgan fingerprint density at radius 2 is 1.86 bits per heavy atom. The minimum absolute atomic E-state index is 0. The number of nitrogens with one attached hydrogen (secondary N) is 1. The second-order valence-electron chi connectivity index (χ2n) is 5.61. The highest BCUT2D eigenvalue weighted by molar-refractivity contribution is 5.85. The molecule has 1 aliphatic heterocycles. The predicted octanol–water partition coefficient (Wildman–Crippen LogP) is 1.97. The smallest absolute Gasteiger partial charge is 0.222 e. The van der Waals surface area contributed by atoms with Crippen LogP contribution < -0.4 is 11.1 Å². The first-order valence-electron chi connectivity index (χ1n) is 7.98. The third-order valence-corrected chi connectivity index (χ3v) is 3.93. The van der Waals surface area contributed by atoms with Gasteiger partial charge in [0.1, 0.15) is 0 Å². The highest BCUT2D eigenvalue weighted by Gasteiger charge is 2.11. The highest BCUT2D eigenvalue weighted by Crippen LogP contribution is 2.09. The number of unbranched alkanes of at least 4 members (excludes halogenated alkanes) is 2. The standard InChI is InChI=1S/C15H31N3O2.2ClH/c1-20-14(13-16)12-15(19)17-8-4-2-5-9-18-10-6-3-7-11-18;;/h14H,2-13,16H2,1H3,(H,17,19);2*1H. The van der Waals surface area contributed by atoms with Gasteiger partial charge in [0.05, 0.1) is 12.5 Å². The number of methoxy groups -OCH3 is 1. The van der Waals surface area contributed by atoms with E-state index in [1.54, 1.807) is 7.11 Å². The number of likely N-dealkylation sites (tertiary alicyclic amines) is 1. The minimum atomic E-state index is -0.158. The molecule has 0 aromatic heterocycles. The number of rotatable bonds is 10. The summed E-state index contributed by atoms with van der Waals surface area (Å²) in [7, 11) is 1.59. The Kier molecular flexibility index (Phi) is 17.4. The summed E-state index contributed by atoms with van der Waals surface area (Å²) >= 11 is 0. The van der Waals surface area contributed by atoms with Crippen molar-refractivity contribution in [3.63, 3.8) is 0 Å². The second-order valence-corrected chi connectivity index (χ2v) is 5.61. The van der Waals surface area contributed by atoms with Crippen molar-refractivity contribution in [3.8, 4) is 0 Å². The first-order valence-corrected chi connectivity index (χ1v) is 7.98. The maximum atomic E-state index is 11.6. The molecule has 134 valence electrons. The minimum Gasteiger partial charge on any atom is -0.380 e. The Labute approximate surface area is 147 Å². The van der Waals surface area contributed by atoms with Crippen molar-refractivity contribution in [2.75, 3.05) is 39.8 Å². The molecule has 1 amide bonds. The number of ether oxygens (including phenoxy) is 1. The van der Waals surface area contributed by atoms with Crippen molar-refractivity contribution >= 4 is 30.7 Å². The highest BCUT2D eigenvalue weighted by atomic mass is 35.5. The van der Waals surface area contributed by atoms with Crippen LogP contribution in [-0.4, -0.2) is 56.7 Å². The summed E-state index contributed by atoms with van der Waals surface area (Å²) in [6.07, 6.45) is 7.79. The van der Waals surface area contributed by atoms with Crippen molar-refractivity contribution in [1.82, 2.24) is 10.2 Å². The van der Waals surface area contributed by atoms with Gasteiger partial charge in [-0.05, 0) is 45.3 Å². The summed E-state index contributed by atoms with van der Waals surface area (Å²) in [5.41, 5.74) is 5.49. The summed E-state index contributed by atoms with van der Waals surface area (Å²) < 4.78 is 5.09. The second kappa shape index (κ2) is 15.8. The summed E-state index contributed by atoms with van der Waals surface area (Å²) in [6, 6.07) is 0. The SMILES string of the molecule is COC(CN)CC(=O)NCCCCCN1CCCCC1.Cl.Cl. The Morgan fingerprint density at radius 3 is 2.45 bits per heavy atom. The molecular weight excluding hydrogens is 325 g/mol. The van der Waals surface area contributed by atoms with Crippen LogP contribution in [-0.2, 0) is 9.53 Å². The molecule has 0 radical (unpaired) electrons. The molecule has 1 fully saturated rings. The number of carbonyl (C=O) groups excluding carboxylic acids is 1. The van der Waals surface area contributed by atoms with Crippen molar-refractivity contribution < 1.29 is 9.53 Å². The number of hydrogen-bond acceptors (Lipinski definition) is 4. The Morgan fingerprint density at radius 1 is 1.18 bits per heavy atom. The zero-order valence-electron chi connectivity index (χ0n) is 13.7. The van der Waals surface area contributed by atoms with E-state index in [1.807, 2.05) is 0 Å². The Hall–Kier alpha value is -0.0700. The third kappa shape index (κ3) is 11.5. The molecule has 1 unspecified atom stereocenters. The summed E-state index contributed by atoms with van der Waals surface area (Å²) in [5.74, 6) is 0.0401. The molecule has 0 aromatic rings. The maximum Gasteiger partial charge on any atom is 0.222 e. The molecule has 0 aromatic carbocycles. The molecule has 1 atom stereocenters. The van der Waals surface area contributed by atoms with E-state index >= 15 is 0 Å². The molecule has 7 heteroatoms. The van der Waals surface area contributed by atoms with E-state index in [-0.39, 0.29) is 36.8 Å². The van der Waals surface area contributed by atoms with Crippen LogP contribution in [0.15, 0.2) is 0 Å². The van der Waals surface area contributed by atoms with Crippen LogP contribution in [0.1, 0.15) is 44.9 Å². The lowest BCUT2D eigenvalue weighted by Crippen LogP contribution is -2.33. The van der Waals surface area contributed by atoms with E-state index in [1.165, 1.54) is 51.7 Å². The lowest BCUT2D eigenvalue weighted by atomic mass is 10.1. The molecule has 0 spiro atoms. The molecule has 0 bridgehead atoms. The first kappa shape index (κ1) is 24.2. The zero-order chi connectivity index (χ0) is 14.6. The van der Waals surface area contributed by atoms with Crippen LogP contribution >= 0.6 is 24.8 Å². The number of amides is 1. The Bertz CT molecular complexity index is 261. The van der Waals surface area contributed by atoms with Gasteiger partial charge in [0.2, 0.25) is 5.91 Å². The molecule has 1 aliphatic rings. The molecule has 0 saturated carbocycles. The number of hydrogen-bond donors (Lipinski definition) is 2. The number of nitrogens with two attached hydrogens (primary N) is 1. The maximum absolute atomic E-state index is 11.6. The fraction of sp³-hybridized carbons (Fsp3) is 0.933. The largest absolute Gasteiger partial charge is 0.380 e. The van der Waals surface area contributed by atoms with Crippen molar-refractivity contribution in [1.29, 1.82) is 0 Å². The number of halogens is 2. The molecule has 1 heterocycles. The summed E-state index contributed by atoms with van der Waals surface area (Å²) in [4.78, 5) is 14.2. The van der Waals surface area contributed by atoms with Crippen molar-refractivity contribution in [2.45, 2.75) is 51.0 Å². The number of nitrogens with zero attached hydrogens (tertiary/aromatic N) is 1. The van der Waals surface area contributed by atoms with Gasteiger partial charge in [0, 0.05) is 20.2 Å². The summed E-state index contributed by atoms with van der Waals surface area (Å²) in [5, 5.41) is 2.93. The normalized spacial score (nSPS) is 16.3. The van der Waals surface area contributed by atoms with E-state index in [9.17, 15) is 4.79 Å². The number of piperidine rings is 1. The van der Waals surface area contributed by atoms with E-state index in [2.05, 4.69) is 10.2 Å². The van der Waals surface area contributed by atoms with Crippen LogP contribution in [0.5, 0.6) is 0 Å². The van der Waals surface area contributed by atoms with Gasteiger partial charge in [-0.25, -0.2) is 0 Å². The quantitative estimate of drug-likeness (QED) is 0.586. The van der Waals surface area contributed by atoms with Crippen LogP contribution in [0.25, 0.3) is 0 Å². The lowest BCUT2D eigenvalue weighted by molar-refractivity contribution is -0.123. The molecule has 3 N–H and O–H groups in total. The van der Waals surface area contributed by atoms with Crippen LogP contribution in [0.2, 0.25) is 0 Å². The monoisotopic (exact) mass is 357 g/mol. The van der Waals surface area contributed by atoms with Gasteiger partial charge >= 0.3 is 0 Å². The lowest BCUT2D eigenvalue weighted by Gasteiger charge is -2.26. The topological polar surface area (TPSA) is 67.6 Å². The van der Waals surface area contributed by atoms with Crippen molar-refractivity contribution in [2.24, 2.45) is 5.73 Å². The average Bonchev–Trinajstić information content (AvgIpc) is 2.49. The van der Waals surface area contributed by atoms with E-state index in [0.717, 1.165) is 13.0 Å².